The SMILES string of the molecule is Cc1oc(-c2cccc(F)c2)nc1CC(=O)Nc1ccc2cn[nH]c2c1. The van der Waals surface area contributed by atoms with Crippen LogP contribution >= 0.6 is 0 Å². The highest BCUT2D eigenvalue weighted by molar-refractivity contribution is 5.94. The molecule has 0 aliphatic heterocycles. The van der Waals surface area contributed by atoms with E-state index in [2.05, 4.69) is 20.5 Å². The lowest BCUT2D eigenvalue weighted by molar-refractivity contribution is -0.115. The minimum atomic E-state index is -0.369. The normalized spacial score (nSPS) is 11.0. The molecule has 0 saturated carbocycles. The molecular formula is C19H15FN4O2. The van der Waals surface area contributed by atoms with E-state index in [1.165, 1.54) is 12.1 Å². The monoisotopic (exact) mass is 350 g/mol. The molecule has 2 aromatic heterocycles. The van der Waals surface area contributed by atoms with Gasteiger partial charge in [0.25, 0.3) is 0 Å². The van der Waals surface area contributed by atoms with Crippen molar-refractivity contribution >= 4 is 22.5 Å². The smallest absolute Gasteiger partial charge is 0.230 e. The standard InChI is InChI=1S/C19H15FN4O2/c1-11-16(23-19(26-11)12-3-2-4-14(20)7-12)9-18(25)22-15-6-5-13-10-21-24-17(13)8-15/h2-8,10H,9H2,1H3,(H,21,24)(H,22,25). The number of H-pyrrole nitrogens is 1. The summed E-state index contributed by atoms with van der Waals surface area (Å²) in [6, 6.07) is 11.5. The topological polar surface area (TPSA) is 83.8 Å². The number of rotatable bonds is 4. The molecule has 0 bridgehead atoms. The van der Waals surface area contributed by atoms with Gasteiger partial charge in [-0.15, -0.1) is 0 Å². The lowest BCUT2D eigenvalue weighted by Gasteiger charge is -2.04. The number of halogens is 1. The molecule has 0 saturated heterocycles. The van der Waals surface area contributed by atoms with Gasteiger partial charge >= 0.3 is 0 Å². The van der Waals surface area contributed by atoms with Gasteiger partial charge in [-0.25, -0.2) is 9.37 Å². The summed E-state index contributed by atoms with van der Waals surface area (Å²) in [5, 5.41) is 10.6. The average Bonchev–Trinajstić information content (AvgIpc) is 3.21. The van der Waals surface area contributed by atoms with Crippen LogP contribution in [0.3, 0.4) is 0 Å². The number of benzene rings is 2. The fourth-order valence-corrected chi connectivity index (χ4v) is 2.71. The van der Waals surface area contributed by atoms with Gasteiger partial charge in [0.05, 0.1) is 23.8 Å². The van der Waals surface area contributed by atoms with Crippen LogP contribution in [0.5, 0.6) is 0 Å². The Morgan fingerprint density at radius 1 is 1.27 bits per heavy atom. The van der Waals surface area contributed by atoms with Crippen molar-refractivity contribution in [2.45, 2.75) is 13.3 Å². The number of hydrogen-bond acceptors (Lipinski definition) is 4. The molecule has 0 aliphatic rings. The number of anilines is 1. The quantitative estimate of drug-likeness (QED) is 0.586. The number of fused-ring (bicyclic) bond motifs is 1. The minimum Gasteiger partial charge on any atom is -0.441 e. The second-order valence-corrected chi connectivity index (χ2v) is 5.93. The molecule has 2 N–H and O–H groups in total. The Bertz CT molecular complexity index is 1100. The number of carbonyl (C=O) groups excluding carboxylic acids is 1. The third kappa shape index (κ3) is 3.19. The van der Waals surface area contributed by atoms with Gasteiger partial charge in [0.2, 0.25) is 11.8 Å². The zero-order chi connectivity index (χ0) is 18.1. The summed E-state index contributed by atoms with van der Waals surface area (Å²) >= 11 is 0. The van der Waals surface area contributed by atoms with Gasteiger partial charge in [0, 0.05) is 16.6 Å². The fraction of sp³-hybridized carbons (Fsp3) is 0.105. The van der Waals surface area contributed by atoms with E-state index in [9.17, 15) is 9.18 Å². The van der Waals surface area contributed by atoms with Crippen LogP contribution in [0, 0.1) is 12.7 Å². The van der Waals surface area contributed by atoms with Crippen molar-refractivity contribution in [1.82, 2.24) is 15.2 Å². The van der Waals surface area contributed by atoms with Gasteiger partial charge in [0.15, 0.2) is 0 Å². The highest BCUT2D eigenvalue weighted by atomic mass is 19.1. The molecule has 0 aliphatic carbocycles. The van der Waals surface area contributed by atoms with E-state index in [0.29, 0.717) is 28.6 Å². The van der Waals surface area contributed by atoms with E-state index in [1.807, 2.05) is 18.2 Å². The molecule has 0 atom stereocenters. The molecule has 0 unspecified atom stereocenters. The molecule has 2 aromatic carbocycles. The molecule has 4 aromatic rings. The third-order valence-corrected chi connectivity index (χ3v) is 4.02. The second kappa shape index (κ2) is 6.44. The predicted octanol–water partition coefficient (Wildman–Crippen LogP) is 3.85. The second-order valence-electron chi connectivity index (χ2n) is 5.93. The van der Waals surface area contributed by atoms with E-state index in [0.717, 1.165) is 10.9 Å². The number of hydrogen-bond donors (Lipinski definition) is 2. The Kier molecular flexibility index (Phi) is 3.96. The van der Waals surface area contributed by atoms with Crippen molar-refractivity contribution in [1.29, 1.82) is 0 Å². The molecule has 0 radical (unpaired) electrons. The van der Waals surface area contributed by atoms with Crippen LogP contribution in [0.2, 0.25) is 0 Å². The molecule has 7 heteroatoms. The Hall–Kier alpha value is -3.48. The number of amides is 1. The molecule has 6 nitrogen and oxygen atoms in total. The third-order valence-electron chi connectivity index (χ3n) is 4.02. The summed E-state index contributed by atoms with van der Waals surface area (Å²) in [5.74, 6) is 0.241. The van der Waals surface area contributed by atoms with Gasteiger partial charge in [-0.05, 0) is 43.3 Å². The summed E-state index contributed by atoms with van der Waals surface area (Å²) in [5.41, 5.74) is 2.56. The largest absolute Gasteiger partial charge is 0.441 e. The number of oxazole rings is 1. The zero-order valence-electron chi connectivity index (χ0n) is 13.9. The summed E-state index contributed by atoms with van der Waals surface area (Å²) in [7, 11) is 0. The van der Waals surface area contributed by atoms with Crippen LogP contribution in [-0.2, 0) is 11.2 Å². The van der Waals surface area contributed by atoms with Gasteiger partial charge in [-0.2, -0.15) is 5.10 Å². The highest BCUT2D eigenvalue weighted by Crippen LogP contribution is 2.23. The Labute approximate surface area is 148 Å². The molecule has 2 heterocycles. The number of nitrogens with zero attached hydrogens (tertiary/aromatic N) is 2. The molecule has 4 rings (SSSR count). The number of aromatic amines is 1. The minimum absolute atomic E-state index is 0.0612. The Morgan fingerprint density at radius 2 is 2.15 bits per heavy atom. The van der Waals surface area contributed by atoms with Gasteiger partial charge in [-0.1, -0.05) is 6.07 Å². The molecule has 26 heavy (non-hydrogen) atoms. The van der Waals surface area contributed by atoms with Crippen molar-refractivity contribution in [2.75, 3.05) is 5.32 Å². The van der Waals surface area contributed by atoms with Crippen LogP contribution in [0.15, 0.2) is 53.1 Å². The Balaban J connectivity index is 1.50. The van der Waals surface area contributed by atoms with Crippen molar-refractivity contribution in [3.8, 4) is 11.5 Å². The number of carbonyl (C=O) groups is 1. The highest BCUT2D eigenvalue weighted by Gasteiger charge is 2.15. The molecule has 130 valence electrons. The van der Waals surface area contributed by atoms with Crippen LogP contribution in [0.1, 0.15) is 11.5 Å². The number of nitrogens with one attached hydrogen (secondary N) is 2. The zero-order valence-corrected chi connectivity index (χ0v) is 13.9. The predicted molar refractivity (Wildman–Crippen MR) is 95.1 cm³/mol. The molecule has 0 spiro atoms. The summed E-state index contributed by atoms with van der Waals surface area (Å²) in [6.07, 6.45) is 1.78. The maximum absolute atomic E-state index is 13.4. The van der Waals surface area contributed by atoms with Crippen LogP contribution in [0.4, 0.5) is 10.1 Å². The van der Waals surface area contributed by atoms with Crippen molar-refractivity contribution in [2.24, 2.45) is 0 Å². The van der Waals surface area contributed by atoms with E-state index in [-0.39, 0.29) is 18.1 Å². The van der Waals surface area contributed by atoms with Crippen molar-refractivity contribution < 1.29 is 13.6 Å². The first-order chi connectivity index (χ1) is 12.6. The van der Waals surface area contributed by atoms with Gasteiger partial charge in [0.1, 0.15) is 11.6 Å². The molecule has 0 fully saturated rings. The maximum atomic E-state index is 13.4. The van der Waals surface area contributed by atoms with Crippen molar-refractivity contribution in [3.63, 3.8) is 0 Å². The summed E-state index contributed by atoms with van der Waals surface area (Å²) < 4.78 is 18.9. The molecule has 1 amide bonds. The lowest BCUT2D eigenvalue weighted by atomic mass is 10.2. The summed E-state index contributed by atoms with van der Waals surface area (Å²) in [4.78, 5) is 16.7. The first kappa shape index (κ1) is 16.0. The first-order valence-electron chi connectivity index (χ1n) is 8.04. The van der Waals surface area contributed by atoms with E-state index in [1.54, 1.807) is 25.3 Å². The number of aromatic nitrogens is 3. The van der Waals surface area contributed by atoms with Gasteiger partial charge in [-0.3, -0.25) is 9.89 Å². The van der Waals surface area contributed by atoms with E-state index < -0.39 is 0 Å². The Morgan fingerprint density at radius 3 is 3.00 bits per heavy atom. The van der Waals surface area contributed by atoms with E-state index in [4.69, 9.17) is 4.42 Å². The van der Waals surface area contributed by atoms with Gasteiger partial charge < -0.3 is 9.73 Å². The van der Waals surface area contributed by atoms with E-state index >= 15 is 0 Å². The molecular weight excluding hydrogens is 335 g/mol. The van der Waals surface area contributed by atoms with Crippen LogP contribution < -0.4 is 5.32 Å². The fourth-order valence-electron chi connectivity index (χ4n) is 2.71. The van der Waals surface area contributed by atoms with Crippen LogP contribution in [0.25, 0.3) is 22.4 Å². The van der Waals surface area contributed by atoms with Crippen molar-refractivity contribution in [3.05, 3.63) is 65.9 Å². The summed E-state index contributed by atoms with van der Waals surface area (Å²) in [6.45, 7) is 1.73. The lowest BCUT2D eigenvalue weighted by Crippen LogP contribution is -2.15. The number of aryl methyl sites for hydroxylation is 1. The average molecular weight is 350 g/mol. The maximum Gasteiger partial charge on any atom is 0.230 e. The van der Waals surface area contributed by atoms with Crippen LogP contribution in [-0.4, -0.2) is 21.1 Å². The first-order valence-corrected chi connectivity index (χ1v) is 8.04.